The average molecular weight is 268 g/mol. The van der Waals surface area contributed by atoms with Gasteiger partial charge in [0.15, 0.2) is 4.77 Å². The van der Waals surface area contributed by atoms with Crippen LogP contribution in [-0.2, 0) is 6.42 Å². The van der Waals surface area contributed by atoms with E-state index in [2.05, 4.69) is 24.0 Å². The van der Waals surface area contributed by atoms with Crippen LogP contribution in [0.3, 0.4) is 0 Å². The minimum atomic E-state index is 0.309. The van der Waals surface area contributed by atoms with Gasteiger partial charge < -0.3 is 4.57 Å². The van der Waals surface area contributed by atoms with Crippen LogP contribution >= 0.6 is 23.8 Å². The Balaban J connectivity index is 2.30. The molecule has 0 spiro atoms. The molecular formula is C12H14ClN3S. The number of aromatic amines is 1. The first-order valence-electron chi connectivity index (χ1n) is 5.48. The van der Waals surface area contributed by atoms with Crippen LogP contribution in [0.2, 0.25) is 5.02 Å². The largest absolute Gasteiger partial charge is 0.301 e. The number of nitrogens with one attached hydrogen (secondary N) is 1. The molecule has 0 aliphatic rings. The zero-order chi connectivity index (χ0) is 12.4. The van der Waals surface area contributed by atoms with Gasteiger partial charge in [-0.2, -0.15) is 5.10 Å². The maximum Gasteiger partial charge on any atom is 0.195 e. The quantitative estimate of drug-likeness (QED) is 0.859. The molecule has 5 heteroatoms. The summed E-state index contributed by atoms with van der Waals surface area (Å²) in [5.74, 6) is 0.951. The van der Waals surface area contributed by atoms with Gasteiger partial charge in [0.2, 0.25) is 0 Å². The normalized spacial score (nSPS) is 11.1. The van der Waals surface area contributed by atoms with Gasteiger partial charge in [-0.05, 0) is 43.8 Å². The van der Waals surface area contributed by atoms with Gasteiger partial charge >= 0.3 is 0 Å². The van der Waals surface area contributed by atoms with Gasteiger partial charge in [0.05, 0.1) is 0 Å². The maximum absolute atomic E-state index is 5.86. The first-order valence-corrected chi connectivity index (χ1v) is 6.27. The topological polar surface area (TPSA) is 33.6 Å². The highest BCUT2D eigenvalue weighted by Gasteiger charge is 2.09. The van der Waals surface area contributed by atoms with E-state index >= 15 is 0 Å². The van der Waals surface area contributed by atoms with Crippen molar-refractivity contribution < 1.29 is 0 Å². The lowest BCUT2D eigenvalue weighted by Crippen LogP contribution is -2.07. The van der Waals surface area contributed by atoms with Crippen LogP contribution < -0.4 is 0 Å². The molecule has 0 radical (unpaired) electrons. The highest BCUT2D eigenvalue weighted by molar-refractivity contribution is 7.71. The van der Waals surface area contributed by atoms with E-state index < -0.39 is 0 Å². The summed E-state index contributed by atoms with van der Waals surface area (Å²) in [4.78, 5) is 0. The summed E-state index contributed by atoms with van der Waals surface area (Å²) >= 11 is 11.1. The molecule has 1 heterocycles. The van der Waals surface area contributed by atoms with E-state index in [9.17, 15) is 0 Å². The Morgan fingerprint density at radius 2 is 2.00 bits per heavy atom. The second-order valence-corrected chi connectivity index (χ2v) is 5.04. The fourth-order valence-corrected chi connectivity index (χ4v) is 2.27. The number of hydrogen-bond acceptors (Lipinski definition) is 2. The highest BCUT2D eigenvalue weighted by atomic mass is 35.5. The number of aromatic nitrogens is 3. The summed E-state index contributed by atoms with van der Waals surface area (Å²) < 4.78 is 2.70. The van der Waals surface area contributed by atoms with E-state index in [0.717, 1.165) is 17.3 Å². The van der Waals surface area contributed by atoms with Crippen LogP contribution in [0.1, 0.15) is 31.3 Å². The van der Waals surface area contributed by atoms with Gasteiger partial charge in [-0.1, -0.05) is 23.7 Å². The van der Waals surface area contributed by atoms with E-state index in [1.54, 1.807) is 0 Å². The van der Waals surface area contributed by atoms with Crippen LogP contribution in [0.4, 0.5) is 0 Å². The third-order valence-electron chi connectivity index (χ3n) is 2.57. The summed E-state index contributed by atoms with van der Waals surface area (Å²) in [6, 6.07) is 8.09. The van der Waals surface area contributed by atoms with Crippen LogP contribution in [0.15, 0.2) is 24.3 Å². The number of rotatable bonds is 3. The van der Waals surface area contributed by atoms with Crippen molar-refractivity contribution in [3.8, 4) is 0 Å². The molecule has 1 aromatic carbocycles. The van der Waals surface area contributed by atoms with E-state index in [4.69, 9.17) is 23.8 Å². The lowest BCUT2D eigenvalue weighted by atomic mass is 10.1. The Kier molecular flexibility index (Phi) is 3.64. The zero-order valence-corrected chi connectivity index (χ0v) is 11.3. The van der Waals surface area contributed by atoms with Gasteiger partial charge in [0.25, 0.3) is 0 Å². The van der Waals surface area contributed by atoms with E-state index in [-0.39, 0.29) is 0 Å². The van der Waals surface area contributed by atoms with E-state index in [1.807, 2.05) is 28.8 Å². The fraction of sp³-hybridized carbons (Fsp3) is 0.333. The van der Waals surface area contributed by atoms with Gasteiger partial charge in [0, 0.05) is 17.5 Å². The molecule has 3 nitrogen and oxygen atoms in total. The number of nitrogens with zero attached hydrogens (tertiary/aromatic N) is 2. The summed E-state index contributed by atoms with van der Waals surface area (Å²) in [7, 11) is 0. The summed E-state index contributed by atoms with van der Waals surface area (Å²) in [6.07, 6.45) is 0.752. The van der Waals surface area contributed by atoms with Crippen LogP contribution in [0.25, 0.3) is 0 Å². The second-order valence-electron chi connectivity index (χ2n) is 4.21. The molecule has 0 aliphatic carbocycles. The monoisotopic (exact) mass is 267 g/mol. The summed E-state index contributed by atoms with van der Waals surface area (Å²) in [5.41, 5.74) is 1.17. The van der Waals surface area contributed by atoms with Crippen molar-refractivity contribution >= 4 is 23.8 Å². The lowest BCUT2D eigenvalue weighted by Gasteiger charge is -2.10. The Bertz CT molecular complexity index is 554. The smallest absolute Gasteiger partial charge is 0.195 e. The Morgan fingerprint density at radius 3 is 2.59 bits per heavy atom. The molecule has 0 bridgehead atoms. The lowest BCUT2D eigenvalue weighted by molar-refractivity contribution is 0.567. The minimum Gasteiger partial charge on any atom is -0.301 e. The third kappa shape index (κ3) is 2.76. The highest BCUT2D eigenvalue weighted by Crippen LogP contribution is 2.15. The molecule has 0 aliphatic heterocycles. The number of halogens is 1. The SMILES string of the molecule is CC(C)n1c(Cc2ccc(Cl)cc2)n[nH]c1=S. The molecule has 0 unspecified atom stereocenters. The van der Waals surface area contributed by atoms with Crippen molar-refractivity contribution in [2.75, 3.05) is 0 Å². The molecule has 2 rings (SSSR count). The zero-order valence-electron chi connectivity index (χ0n) is 9.77. The molecule has 1 aromatic heterocycles. The van der Waals surface area contributed by atoms with Gasteiger partial charge in [-0.25, -0.2) is 0 Å². The first-order chi connectivity index (χ1) is 8.08. The van der Waals surface area contributed by atoms with Gasteiger partial charge in [-0.3, -0.25) is 5.10 Å². The van der Waals surface area contributed by atoms with Crippen molar-refractivity contribution in [3.63, 3.8) is 0 Å². The predicted octanol–water partition coefficient (Wildman–Crippen LogP) is 3.77. The van der Waals surface area contributed by atoms with Crippen molar-refractivity contribution in [2.24, 2.45) is 0 Å². The fourth-order valence-electron chi connectivity index (χ4n) is 1.78. The van der Waals surface area contributed by atoms with Crippen molar-refractivity contribution in [2.45, 2.75) is 26.3 Å². The van der Waals surface area contributed by atoms with Crippen LogP contribution in [-0.4, -0.2) is 14.8 Å². The average Bonchev–Trinajstić information content (AvgIpc) is 2.63. The molecule has 0 saturated carbocycles. The van der Waals surface area contributed by atoms with E-state index in [0.29, 0.717) is 10.8 Å². The van der Waals surface area contributed by atoms with Crippen molar-refractivity contribution in [3.05, 3.63) is 45.4 Å². The van der Waals surface area contributed by atoms with Gasteiger partial charge in [-0.15, -0.1) is 0 Å². The minimum absolute atomic E-state index is 0.309. The standard InChI is InChI=1S/C12H14ClN3S/c1-8(2)16-11(14-15-12(16)17)7-9-3-5-10(13)6-4-9/h3-6,8H,7H2,1-2H3,(H,15,17). The number of benzene rings is 1. The maximum atomic E-state index is 5.86. The van der Waals surface area contributed by atoms with Gasteiger partial charge in [0.1, 0.15) is 5.82 Å². The Hall–Kier alpha value is -1.13. The molecule has 0 saturated heterocycles. The molecule has 0 atom stereocenters. The Labute approximate surface area is 110 Å². The number of H-pyrrole nitrogens is 1. The number of hydrogen-bond donors (Lipinski definition) is 1. The van der Waals surface area contributed by atoms with Crippen LogP contribution in [0, 0.1) is 4.77 Å². The molecule has 2 aromatic rings. The molecule has 1 N–H and O–H groups in total. The molecule has 0 amide bonds. The third-order valence-corrected chi connectivity index (χ3v) is 3.11. The van der Waals surface area contributed by atoms with Crippen molar-refractivity contribution in [1.29, 1.82) is 0 Å². The first kappa shape index (κ1) is 12.3. The summed E-state index contributed by atoms with van der Waals surface area (Å²) in [6.45, 7) is 4.19. The molecule has 17 heavy (non-hydrogen) atoms. The van der Waals surface area contributed by atoms with E-state index in [1.165, 1.54) is 5.56 Å². The second kappa shape index (κ2) is 5.02. The van der Waals surface area contributed by atoms with Crippen LogP contribution in [0.5, 0.6) is 0 Å². The molecule has 90 valence electrons. The summed E-state index contributed by atoms with van der Waals surface area (Å²) in [5, 5.41) is 7.85. The predicted molar refractivity (Wildman–Crippen MR) is 72.1 cm³/mol. The molecular weight excluding hydrogens is 254 g/mol. The van der Waals surface area contributed by atoms with Crippen molar-refractivity contribution in [1.82, 2.24) is 14.8 Å². The Morgan fingerprint density at radius 1 is 1.35 bits per heavy atom. The molecule has 0 fully saturated rings.